The third-order valence-electron chi connectivity index (χ3n) is 5.15. The van der Waals surface area contributed by atoms with E-state index in [9.17, 15) is 4.57 Å². The molecule has 0 saturated heterocycles. The number of rotatable bonds is 16. The highest BCUT2D eigenvalue weighted by atomic mass is 31.1. The Morgan fingerprint density at radius 2 is 1.30 bits per heavy atom. The van der Waals surface area contributed by atoms with Crippen LogP contribution in [-0.2, 0) is 4.57 Å². The van der Waals surface area contributed by atoms with E-state index in [0.29, 0.717) is 5.75 Å². The molecule has 0 heterocycles. The average Bonchev–Trinajstić information content (AvgIpc) is 2.78. The lowest BCUT2D eigenvalue weighted by Crippen LogP contribution is -2.09. The second kappa shape index (κ2) is 14.8. The molecule has 30 heavy (non-hydrogen) atoms. The second-order valence-electron chi connectivity index (χ2n) is 7.69. The molecule has 2 rings (SSSR count). The highest BCUT2D eigenvalue weighted by molar-refractivity contribution is 7.41. The van der Waals surface area contributed by atoms with Crippen LogP contribution in [0.3, 0.4) is 0 Å². The van der Waals surface area contributed by atoms with E-state index in [2.05, 4.69) is 6.92 Å². The molecule has 0 fully saturated rings. The number of unbranched alkanes of at least 4 members (excludes halogenated alkanes) is 9. The van der Waals surface area contributed by atoms with Crippen molar-refractivity contribution in [3.05, 3.63) is 54.6 Å². The minimum atomic E-state index is -1.99. The van der Waals surface area contributed by atoms with Gasteiger partial charge in [0, 0.05) is 4.57 Å². The normalized spacial score (nSPS) is 11.2. The molecule has 164 valence electrons. The zero-order valence-corrected chi connectivity index (χ0v) is 19.5. The second-order valence-corrected chi connectivity index (χ2v) is 8.95. The minimum absolute atomic E-state index is 0.599. The van der Waals surface area contributed by atoms with Gasteiger partial charge in [-0.1, -0.05) is 82.9 Å². The zero-order valence-electron chi connectivity index (χ0n) is 18.6. The van der Waals surface area contributed by atoms with E-state index in [-0.39, 0.29) is 0 Å². The van der Waals surface area contributed by atoms with Crippen molar-refractivity contribution in [3.8, 4) is 11.5 Å². The number of anilines is 1. The quantitative estimate of drug-likeness (QED) is 0.199. The van der Waals surface area contributed by atoms with E-state index in [0.717, 1.165) is 24.5 Å². The van der Waals surface area contributed by atoms with Gasteiger partial charge in [0.05, 0.1) is 19.3 Å². The summed E-state index contributed by atoms with van der Waals surface area (Å²) in [6, 6.07) is 16.9. The molecule has 0 saturated carbocycles. The van der Waals surface area contributed by atoms with Crippen LogP contribution in [0.1, 0.15) is 71.1 Å². The number of nitrogens with zero attached hydrogens (tertiary/aromatic N) is 1. The van der Waals surface area contributed by atoms with Crippen LogP contribution in [-0.4, -0.2) is 13.7 Å². The van der Waals surface area contributed by atoms with Crippen LogP contribution in [0.15, 0.2) is 54.6 Å². The molecule has 0 bridgehead atoms. The number of para-hydroxylation sites is 1. The van der Waals surface area contributed by atoms with Gasteiger partial charge in [-0.05, 0) is 42.8 Å². The van der Waals surface area contributed by atoms with Crippen molar-refractivity contribution >= 4 is 13.9 Å². The SMILES string of the molecule is CCCCCCCCCCCCOc1ccc(N(C)[P+](=O)Oc2ccccc2)cc1. The van der Waals surface area contributed by atoms with E-state index in [4.69, 9.17) is 9.26 Å². The zero-order chi connectivity index (χ0) is 21.4. The molecule has 0 amide bonds. The van der Waals surface area contributed by atoms with Crippen molar-refractivity contribution in [2.75, 3.05) is 18.3 Å². The fraction of sp³-hybridized carbons (Fsp3) is 0.520. The molecule has 0 aromatic heterocycles. The van der Waals surface area contributed by atoms with Gasteiger partial charge in [0.25, 0.3) is 0 Å². The number of benzene rings is 2. The molecule has 0 spiro atoms. The van der Waals surface area contributed by atoms with Crippen molar-refractivity contribution in [3.63, 3.8) is 0 Å². The molecule has 1 unspecified atom stereocenters. The van der Waals surface area contributed by atoms with Crippen molar-refractivity contribution in [1.29, 1.82) is 0 Å². The van der Waals surface area contributed by atoms with Crippen LogP contribution in [0.4, 0.5) is 5.69 Å². The van der Waals surface area contributed by atoms with Gasteiger partial charge in [-0.2, -0.15) is 0 Å². The van der Waals surface area contributed by atoms with Crippen LogP contribution in [0.25, 0.3) is 0 Å². The molecule has 2 aromatic rings. The lowest BCUT2D eigenvalue weighted by molar-refractivity contribution is 0.304. The predicted molar refractivity (Wildman–Crippen MR) is 127 cm³/mol. The Balaban J connectivity index is 1.58. The third-order valence-corrected chi connectivity index (χ3v) is 6.24. The topological polar surface area (TPSA) is 38.8 Å². The van der Waals surface area contributed by atoms with Crippen LogP contribution in [0.5, 0.6) is 11.5 Å². The van der Waals surface area contributed by atoms with Crippen LogP contribution in [0, 0.1) is 0 Å². The van der Waals surface area contributed by atoms with Gasteiger partial charge in [0.2, 0.25) is 0 Å². The van der Waals surface area contributed by atoms with Crippen LogP contribution >= 0.6 is 8.18 Å². The summed E-state index contributed by atoms with van der Waals surface area (Å²) < 4.78 is 25.4. The summed E-state index contributed by atoms with van der Waals surface area (Å²) in [5, 5.41) is 0. The molecular formula is C25H37NO3P+. The molecule has 0 aliphatic carbocycles. The van der Waals surface area contributed by atoms with Gasteiger partial charge in [-0.3, -0.25) is 0 Å². The molecule has 0 aliphatic rings. The summed E-state index contributed by atoms with van der Waals surface area (Å²) in [6.45, 7) is 3.01. The monoisotopic (exact) mass is 430 g/mol. The van der Waals surface area contributed by atoms with E-state index in [1.807, 2.05) is 42.5 Å². The minimum Gasteiger partial charge on any atom is -0.494 e. The Morgan fingerprint density at radius 3 is 1.90 bits per heavy atom. The van der Waals surface area contributed by atoms with Gasteiger partial charge in [-0.15, -0.1) is 4.67 Å². The van der Waals surface area contributed by atoms with Gasteiger partial charge in [-0.25, -0.2) is 4.52 Å². The average molecular weight is 431 g/mol. The first-order chi connectivity index (χ1) is 14.7. The van der Waals surface area contributed by atoms with Gasteiger partial charge in [0.1, 0.15) is 5.75 Å². The van der Waals surface area contributed by atoms with Gasteiger partial charge >= 0.3 is 8.18 Å². The summed E-state index contributed by atoms with van der Waals surface area (Å²) >= 11 is 0. The maximum Gasteiger partial charge on any atom is 0.696 e. The molecule has 1 atom stereocenters. The van der Waals surface area contributed by atoms with E-state index >= 15 is 0 Å². The maximum atomic E-state index is 12.4. The smallest absolute Gasteiger partial charge is 0.494 e. The summed E-state index contributed by atoms with van der Waals surface area (Å²) in [6.07, 6.45) is 13.2. The largest absolute Gasteiger partial charge is 0.696 e. The molecule has 0 aliphatic heterocycles. The Labute approximate surface area is 183 Å². The third kappa shape index (κ3) is 9.63. The van der Waals surface area contributed by atoms with E-state index in [1.54, 1.807) is 23.9 Å². The van der Waals surface area contributed by atoms with Gasteiger partial charge in [0.15, 0.2) is 5.75 Å². The Hall–Kier alpha value is -2.06. The molecule has 4 nitrogen and oxygen atoms in total. The Kier molecular flexibility index (Phi) is 12.0. The molecule has 0 N–H and O–H groups in total. The highest BCUT2D eigenvalue weighted by Crippen LogP contribution is 2.34. The van der Waals surface area contributed by atoms with E-state index < -0.39 is 8.18 Å². The Bertz CT molecular complexity index is 706. The Morgan fingerprint density at radius 1 is 0.733 bits per heavy atom. The number of ether oxygens (including phenoxy) is 1. The molecular weight excluding hydrogens is 393 g/mol. The summed E-state index contributed by atoms with van der Waals surface area (Å²) in [7, 11) is -0.222. The fourth-order valence-corrected chi connectivity index (χ4v) is 4.01. The van der Waals surface area contributed by atoms with Crippen molar-refractivity contribution in [1.82, 2.24) is 0 Å². The maximum absolute atomic E-state index is 12.4. The standard InChI is InChI=1S/C25H37NO3P/c1-3-4-5-6-7-8-9-10-11-15-22-28-24-20-18-23(19-21-24)26(2)30(27)29-25-16-13-12-14-17-25/h12-14,16-21H,3-11,15,22H2,1-2H3/q+1. The summed E-state index contributed by atoms with van der Waals surface area (Å²) in [5.74, 6) is 1.45. The van der Waals surface area contributed by atoms with Crippen molar-refractivity contribution in [2.24, 2.45) is 0 Å². The first kappa shape index (κ1) is 24.2. The molecule has 2 aromatic carbocycles. The summed E-state index contributed by atoms with van der Waals surface area (Å²) in [5.41, 5.74) is 0.832. The van der Waals surface area contributed by atoms with Crippen molar-refractivity contribution in [2.45, 2.75) is 71.1 Å². The van der Waals surface area contributed by atoms with Crippen LogP contribution < -0.4 is 13.9 Å². The molecule has 0 radical (unpaired) electrons. The predicted octanol–water partition coefficient (Wildman–Crippen LogP) is 8.16. The number of hydrogen-bond acceptors (Lipinski definition) is 3. The first-order valence-electron chi connectivity index (χ1n) is 11.4. The molecule has 5 heteroatoms. The fourth-order valence-electron chi connectivity index (χ4n) is 3.26. The lowest BCUT2D eigenvalue weighted by Gasteiger charge is -2.09. The van der Waals surface area contributed by atoms with Crippen LogP contribution in [0.2, 0.25) is 0 Å². The number of hydrogen-bond donors (Lipinski definition) is 0. The lowest BCUT2D eigenvalue weighted by atomic mass is 10.1. The highest BCUT2D eigenvalue weighted by Gasteiger charge is 2.28. The van der Waals surface area contributed by atoms with Crippen molar-refractivity contribution < 1.29 is 13.8 Å². The van der Waals surface area contributed by atoms with Gasteiger partial charge < -0.3 is 4.74 Å². The summed E-state index contributed by atoms with van der Waals surface area (Å²) in [4.78, 5) is 0. The van der Waals surface area contributed by atoms with E-state index in [1.165, 1.54) is 57.8 Å². The first-order valence-corrected chi connectivity index (χ1v) is 12.5.